The van der Waals surface area contributed by atoms with E-state index in [1.165, 1.54) is 16.9 Å². The molecule has 3 nitrogen and oxygen atoms in total. The molecule has 168 valence electrons. The van der Waals surface area contributed by atoms with Gasteiger partial charge < -0.3 is 4.90 Å². The maximum absolute atomic E-state index is 6.65. The third-order valence-corrected chi connectivity index (χ3v) is 12.4. The molecule has 0 saturated heterocycles. The quantitative estimate of drug-likeness (QED) is 0.258. The van der Waals surface area contributed by atoms with Gasteiger partial charge in [-0.3, -0.25) is 0 Å². The zero-order chi connectivity index (χ0) is 23.5. The summed E-state index contributed by atoms with van der Waals surface area (Å²) in [6.45, 7) is 4.56. The van der Waals surface area contributed by atoms with Crippen molar-refractivity contribution in [1.29, 1.82) is 0 Å². The molecule has 1 unspecified atom stereocenters. The third-order valence-electron chi connectivity index (χ3n) is 6.28. The van der Waals surface area contributed by atoms with E-state index in [-0.39, 0.29) is 5.41 Å². The summed E-state index contributed by atoms with van der Waals surface area (Å²) in [4.78, 5) is 2.30. The van der Waals surface area contributed by atoms with Crippen LogP contribution in [-0.2, 0) is 17.2 Å². The number of halogens is 3. The average Bonchev–Trinajstić information content (AvgIpc) is 3.21. The molecule has 8 heteroatoms. The Kier molecular flexibility index (Phi) is 6.02. The monoisotopic (exact) mass is 663 g/mol. The standard InChI is InChI=1S/C25H21Br3N3PS/c1-25(2)21-14-18(28)8-13-22(21)30(3)24(25)23-15-29-31(19-9-4-16(26)5-10-19)32(23,33)20-11-6-17(27)7-12-20/h4-15H,1-3H3. The highest BCUT2D eigenvalue weighted by atomic mass is 79.9. The lowest BCUT2D eigenvalue weighted by Crippen LogP contribution is -2.27. The summed E-state index contributed by atoms with van der Waals surface area (Å²) in [5, 5.41) is 7.17. The molecule has 0 aromatic heterocycles. The predicted octanol–water partition coefficient (Wildman–Crippen LogP) is 8.14. The zero-order valence-electron chi connectivity index (χ0n) is 18.3. The minimum Gasteiger partial charge on any atom is -0.346 e. The summed E-state index contributed by atoms with van der Waals surface area (Å²) >= 11 is 17.4. The number of nitrogens with zero attached hydrogens (tertiary/aromatic N) is 3. The first kappa shape index (κ1) is 23.5. The lowest BCUT2D eigenvalue weighted by molar-refractivity contribution is 0.639. The smallest absolute Gasteiger partial charge is 0.118 e. The summed E-state index contributed by atoms with van der Waals surface area (Å²) in [6.07, 6.45) is -0.472. The highest BCUT2D eigenvalue weighted by Gasteiger charge is 2.46. The van der Waals surface area contributed by atoms with Crippen molar-refractivity contribution in [3.63, 3.8) is 0 Å². The molecule has 3 aromatic rings. The molecule has 0 amide bonds. The highest BCUT2D eigenvalue weighted by Crippen LogP contribution is 2.65. The first-order chi connectivity index (χ1) is 15.6. The van der Waals surface area contributed by atoms with Gasteiger partial charge in [0, 0.05) is 42.6 Å². The largest absolute Gasteiger partial charge is 0.346 e. The van der Waals surface area contributed by atoms with Crippen LogP contribution >= 0.6 is 54.0 Å². The highest BCUT2D eigenvalue weighted by molar-refractivity contribution is 9.11. The minimum absolute atomic E-state index is 0.218. The van der Waals surface area contributed by atoms with E-state index in [1.54, 1.807) is 0 Å². The van der Waals surface area contributed by atoms with Crippen LogP contribution in [0.1, 0.15) is 19.4 Å². The van der Waals surface area contributed by atoms with Crippen LogP contribution in [0.2, 0.25) is 0 Å². The maximum Gasteiger partial charge on any atom is 0.118 e. The maximum atomic E-state index is 6.65. The fourth-order valence-corrected chi connectivity index (χ4v) is 9.62. The van der Waals surface area contributed by atoms with Gasteiger partial charge in [-0.2, -0.15) is 5.10 Å². The van der Waals surface area contributed by atoms with Crippen LogP contribution in [0.15, 0.2) is 96.3 Å². The van der Waals surface area contributed by atoms with Crippen LogP contribution in [-0.4, -0.2) is 13.3 Å². The molecule has 1 atom stereocenters. The topological polar surface area (TPSA) is 18.8 Å². The molecule has 0 bridgehead atoms. The van der Waals surface area contributed by atoms with Crippen LogP contribution < -0.4 is 15.0 Å². The molecule has 0 saturated carbocycles. The molecule has 0 fully saturated rings. The Morgan fingerprint density at radius 2 is 1.42 bits per heavy atom. The molecular formula is C25H21Br3N3PS. The Morgan fingerprint density at radius 1 is 0.848 bits per heavy atom. The van der Waals surface area contributed by atoms with Crippen LogP contribution in [0.4, 0.5) is 11.4 Å². The van der Waals surface area contributed by atoms with Gasteiger partial charge in [-0.1, -0.05) is 85.6 Å². The van der Waals surface area contributed by atoms with E-state index in [1.807, 2.05) is 18.3 Å². The van der Waals surface area contributed by atoms with Gasteiger partial charge in [0.25, 0.3) is 0 Å². The fraction of sp³-hybridized carbons (Fsp3) is 0.160. The number of fused-ring (bicyclic) bond motifs is 1. The number of hydrogen-bond donors (Lipinski definition) is 0. The van der Waals surface area contributed by atoms with Gasteiger partial charge in [-0.05, 0) is 60.2 Å². The molecule has 5 rings (SSSR count). The summed E-state index contributed by atoms with van der Waals surface area (Å²) in [5.74, 6) is 0. The van der Waals surface area contributed by atoms with Crippen LogP contribution in [0.25, 0.3) is 0 Å². The lowest BCUT2D eigenvalue weighted by Gasteiger charge is -2.33. The van der Waals surface area contributed by atoms with Crippen LogP contribution in [0.5, 0.6) is 0 Å². The van der Waals surface area contributed by atoms with E-state index in [4.69, 9.17) is 16.9 Å². The number of allylic oxidation sites excluding steroid dienone is 2. The van der Waals surface area contributed by atoms with E-state index in [9.17, 15) is 0 Å². The van der Waals surface area contributed by atoms with Gasteiger partial charge in [0.1, 0.15) is 6.19 Å². The molecule has 0 spiro atoms. The predicted molar refractivity (Wildman–Crippen MR) is 156 cm³/mol. The van der Waals surface area contributed by atoms with E-state index in [0.29, 0.717) is 0 Å². The Labute approximate surface area is 225 Å². The Balaban J connectivity index is 1.77. The van der Waals surface area contributed by atoms with Crippen molar-refractivity contribution in [3.8, 4) is 0 Å². The minimum atomic E-state index is -2.47. The van der Waals surface area contributed by atoms with E-state index < -0.39 is 6.19 Å². The first-order valence-corrected chi connectivity index (χ1v) is 15.5. The summed E-state index contributed by atoms with van der Waals surface area (Å²) in [7, 11) is 2.14. The SMILES string of the molecule is CN1C(=C2C=NN(c3ccc(Br)cc3)P2(=S)c2ccc(Br)cc2)C(C)(C)c2cc(Br)ccc21. The number of hydrazone groups is 1. The number of hydrogen-bond acceptors (Lipinski definition) is 3. The van der Waals surface area contributed by atoms with Gasteiger partial charge >= 0.3 is 0 Å². The number of benzene rings is 3. The van der Waals surface area contributed by atoms with Crippen molar-refractivity contribution in [3.05, 3.63) is 96.7 Å². The summed E-state index contributed by atoms with van der Waals surface area (Å²) in [6, 6.07) is 23.1. The molecular weight excluding hydrogens is 645 g/mol. The zero-order valence-corrected chi connectivity index (χ0v) is 24.7. The molecule has 33 heavy (non-hydrogen) atoms. The average molecular weight is 666 g/mol. The molecule has 0 radical (unpaired) electrons. The Morgan fingerprint density at radius 3 is 2.06 bits per heavy atom. The van der Waals surface area contributed by atoms with Crippen LogP contribution in [0, 0.1) is 0 Å². The number of anilines is 2. The Hall–Kier alpha value is -1.24. The van der Waals surface area contributed by atoms with Gasteiger partial charge in [0.05, 0.1) is 17.2 Å². The lowest BCUT2D eigenvalue weighted by atomic mass is 9.84. The van der Waals surface area contributed by atoms with E-state index in [0.717, 1.165) is 29.7 Å². The normalized spacial score (nSPS) is 23.3. The fourth-order valence-electron chi connectivity index (χ4n) is 4.72. The molecule has 0 N–H and O–H groups in total. The Bertz CT molecular complexity index is 1360. The van der Waals surface area contributed by atoms with Crippen LogP contribution in [0.3, 0.4) is 0 Å². The van der Waals surface area contributed by atoms with E-state index in [2.05, 4.69) is 133 Å². The first-order valence-electron chi connectivity index (χ1n) is 10.4. The van der Waals surface area contributed by atoms with Crippen molar-refractivity contribution < 1.29 is 0 Å². The second-order valence-electron chi connectivity index (χ2n) is 8.64. The van der Waals surface area contributed by atoms with Gasteiger partial charge in [-0.15, -0.1) is 0 Å². The second-order valence-corrected chi connectivity index (χ2v) is 15.5. The van der Waals surface area contributed by atoms with Gasteiger partial charge in [0.2, 0.25) is 0 Å². The summed E-state index contributed by atoms with van der Waals surface area (Å²) in [5.41, 5.74) is 4.48. The molecule has 2 aliphatic heterocycles. The summed E-state index contributed by atoms with van der Waals surface area (Å²) < 4.78 is 5.22. The van der Waals surface area contributed by atoms with E-state index >= 15 is 0 Å². The van der Waals surface area contributed by atoms with Crippen molar-refractivity contribution in [2.24, 2.45) is 5.10 Å². The third kappa shape index (κ3) is 3.71. The second kappa shape index (κ2) is 8.46. The van der Waals surface area contributed by atoms with Crippen molar-refractivity contribution >= 4 is 88.7 Å². The molecule has 0 aliphatic carbocycles. The number of likely N-dealkylation sites (N-methyl/N-ethyl adjacent to an activating group) is 1. The molecule has 3 aromatic carbocycles. The number of rotatable bonds is 2. The molecule has 2 aliphatic rings. The van der Waals surface area contributed by atoms with Crippen molar-refractivity contribution in [1.82, 2.24) is 0 Å². The van der Waals surface area contributed by atoms with Crippen molar-refractivity contribution in [2.75, 3.05) is 16.7 Å². The van der Waals surface area contributed by atoms with Gasteiger partial charge in [0.15, 0.2) is 0 Å². The molecule has 2 heterocycles. The van der Waals surface area contributed by atoms with Gasteiger partial charge in [-0.25, -0.2) is 4.78 Å². The van der Waals surface area contributed by atoms with Crippen molar-refractivity contribution in [2.45, 2.75) is 19.3 Å².